The van der Waals surface area contributed by atoms with Gasteiger partial charge in [-0.2, -0.15) is 0 Å². The minimum atomic E-state index is 0.565. The second-order valence-corrected chi connectivity index (χ2v) is 6.31. The van der Waals surface area contributed by atoms with Crippen LogP contribution in [-0.4, -0.2) is 17.1 Å². The summed E-state index contributed by atoms with van der Waals surface area (Å²) in [6.07, 6.45) is 2.66. The van der Waals surface area contributed by atoms with Crippen LogP contribution in [0.25, 0.3) is 22.3 Å². The molecule has 0 unspecified atom stereocenters. The molecule has 0 aliphatic heterocycles. The predicted octanol–water partition coefficient (Wildman–Crippen LogP) is 4.71. The van der Waals surface area contributed by atoms with Gasteiger partial charge in [-0.1, -0.05) is 13.8 Å². The topological polar surface area (TPSA) is 48.2 Å². The number of hydrogen-bond acceptors (Lipinski definition) is 4. The molecule has 0 spiro atoms. The van der Waals surface area contributed by atoms with Crippen molar-refractivity contribution in [2.45, 2.75) is 34.1 Å². The summed E-state index contributed by atoms with van der Waals surface area (Å²) >= 11 is 0. The number of ether oxygens (including phenoxy) is 1. The van der Waals surface area contributed by atoms with Crippen molar-refractivity contribution in [2.24, 2.45) is 5.92 Å². The maximum absolute atomic E-state index is 5.45. The summed E-state index contributed by atoms with van der Waals surface area (Å²) in [5, 5.41) is 1.18. The number of fused-ring (bicyclic) bond motifs is 1. The Bertz CT molecular complexity index is 850. The van der Waals surface area contributed by atoms with E-state index in [1.807, 2.05) is 19.9 Å². The van der Waals surface area contributed by atoms with E-state index in [1.54, 1.807) is 13.4 Å². The van der Waals surface area contributed by atoms with Gasteiger partial charge < -0.3 is 9.15 Å². The van der Waals surface area contributed by atoms with Crippen LogP contribution < -0.4 is 4.74 Å². The molecule has 0 radical (unpaired) electrons. The van der Waals surface area contributed by atoms with Crippen molar-refractivity contribution in [1.29, 1.82) is 0 Å². The lowest BCUT2D eigenvalue weighted by atomic mass is 9.96. The number of aryl methyl sites for hydroxylation is 2. The van der Waals surface area contributed by atoms with Crippen LogP contribution in [0.5, 0.6) is 5.75 Å². The molecule has 0 aliphatic rings. The summed E-state index contributed by atoms with van der Waals surface area (Å²) in [5.74, 6) is 2.07. The van der Waals surface area contributed by atoms with Crippen LogP contribution in [0.3, 0.4) is 0 Å². The van der Waals surface area contributed by atoms with Crippen LogP contribution in [0.2, 0.25) is 0 Å². The number of oxazole rings is 1. The van der Waals surface area contributed by atoms with Gasteiger partial charge in [-0.3, -0.25) is 0 Å². The normalized spacial score (nSPS) is 11.4. The summed E-state index contributed by atoms with van der Waals surface area (Å²) in [5.41, 5.74) is 4.93. The molecule has 0 saturated heterocycles. The molecule has 4 heteroatoms. The Hall–Kier alpha value is -2.36. The fourth-order valence-corrected chi connectivity index (χ4v) is 2.92. The lowest BCUT2D eigenvalue weighted by molar-refractivity contribution is 0.412. The van der Waals surface area contributed by atoms with E-state index in [0.29, 0.717) is 11.8 Å². The fraction of sp³-hybridized carbons (Fsp3) is 0.368. The first-order valence-corrected chi connectivity index (χ1v) is 7.89. The Morgan fingerprint density at radius 2 is 1.91 bits per heavy atom. The van der Waals surface area contributed by atoms with Crippen molar-refractivity contribution in [1.82, 2.24) is 9.97 Å². The van der Waals surface area contributed by atoms with Crippen LogP contribution in [0.4, 0.5) is 0 Å². The van der Waals surface area contributed by atoms with E-state index in [9.17, 15) is 0 Å². The molecule has 0 saturated carbocycles. The van der Waals surface area contributed by atoms with Gasteiger partial charge >= 0.3 is 0 Å². The highest BCUT2D eigenvalue weighted by atomic mass is 16.5. The zero-order valence-corrected chi connectivity index (χ0v) is 14.3. The summed E-state index contributed by atoms with van der Waals surface area (Å²) in [6.45, 7) is 8.34. The first-order valence-electron chi connectivity index (χ1n) is 7.89. The molecular weight excluding hydrogens is 288 g/mol. The SMILES string of the molecule is COc1ccc2c(CC(C)C)cc(-c3coc(C)n3)nc2c1C. The molecule has 2 heterocycles. The lowest BCUT2D eigenvalue weighted by Gasteiger charge is -2.14. The second kappa shape index (κ2) is 6.03. The molecule has 0 bridgehead atoms. The maximum Gasteiger partial charge on any atom is 0.191 e. The monoisotopic (exact) mass is 310 g/mol. The van der Waals surface area contributed by atoms with E-state index < -0.39 is 0 Å². The van der Waals surface area contributed by atoms with Gasteiger partial charge in [-0.05, 0) is 43.0 Å². The van der Waals surface area contributed by atoms with Gasteiger partial charge in [0.1, 0.15) is 17.7 Å². The van der Waals surface area contributed by atoms with Crippen LogP contribution in [0, 0.1) is 19.8 Å². The number of rotatable bonds is 4. The van der Waals surface area contributed by atoms with Crippen LogP contribution in [0.15, 0.2) is 28.9 Å². The van der Waals surface area contributed by atoms with Gasteiger partial charge in [0.2, 0.25) is 0 Å². The highest BCUT2D eigenvalue weighted by molar-refractivity contribution is 5.89. The molecule has 23 heavy (non-hydrogen) atoms. The van der Waals surface area contributed by atoms with Crippen molar-refractivity contribution in [2.75, 3.05) is 7.11 Å². The van der Waals surface area contributed by atoms with Gasteiger partial charge in [0.15, 0.2) is 5.89 Å². The molecule has 0 amide bonds. The predicted molar refractivity (Wildman–Crippen MR) is 91.8 cm³/mol. The zero-order chi connectivity index (χ0) is 16.6. The Morgan fingerprint density at radius 1 is 1.13 bits per heavy atom. The molecule has 3 aromatic rings. The quantitative estimate of drug-likeness (QED) is 0.700. The number of pyridine rings is 1. The first kappa shape index (κ1) is 15.5. The molecule has 1 aromatic carbocycles. The van der Waals surface area contributed by atoms with Crippen molar-refractivity contribution in [3.63, 3.8) is 0 Å². The average molecular weight is 310 g/mol. The largest absolute Gasteiger partial charge is 0.496 e. The zero-order valence-electron chi connectivity index (χ0n) is 14.3. The summed E-state index contributed by atoms with van der Waals surface area (Å²) in [7, 11) is 1.69. The fourth-order valence-electron chi connectivity index (χ4n) is 2.92. The molecule has 0 atom stereocenters. The second-order valence-electron chi connectivity index (χ2n) is 6.31. The Kier molecular flexibility index (Phi) is 4.07. The summed E-state index contributed by atoms with van der Waals surface area (Å²) < 4.78 is 10.8. The highest BCUT2D eigenvalue weighted by Gasteiger charge is 2.14. The first-order chi connectivity index (χ1) is 11.0. The van der Waals surface area contributed by atoms with Gasteiger partial charge in [-0.15, -0.1) is 0 Å². The third kappa shape index (κ3) is 2.93. The summed E-state index contributed by atoms with van der Waals surface area (Å²) in [6, 6.07) is 6.25. The number of hydrogen-bond donors (Lipinski definition) is 0. The maximum atomic E-state index is 5.45. The molecule has 3 rings (SSSR count). The Morgan fingerprint density at radius 3 is 2.52 bits per heavy atom. The molecule has 0 N–H and O–H groups in total. The van der Waals surface area contributed by atoms with Crippen molar-refractivity contribution in [3.8, 4) is 17.1 Å². The van der Waals surface area contributed by atoms with Gasteiger partial charge in [-0.25, -0.2) is 9.97 Å². The minimum Gasteiger partial charge on any atom is -0.496 e. The molecule has 4 nitrogen and oxygen atoms in total. The van der Waals surface area contributed by atoms with Crippen LogP contribution in [-0.2, 0) is 6.42 Å². The molecule has 2 aromatic heterocycles. The highest BCUT2D eigenvalue weighted by Crippen LogP contribution is 2.32. The van der Waals surface area contributed by atoms with Crippen molar-refractivity contribution >= 4 is 10.9 Å². The number of methoxy groups -OCH3 is 1. The molecule has 120 valence electrons. The molecule has 0 aliphatic carbocycles. The van der Waals surface area contributed by atoms with Crippen molar-refractivity contribution in [3.05, 3.63) is 41.5 Å². The van der Waals surface area contributed by atoms with Gasteiger partial charge in [0.05, 0.1) is 18.3 Å². The number of benzene rings is 1. The Labute approximate surface area is 136 Å². The van der Waals surface area contributed by atoms with E-state index in [-0.39, 0.29) is 0 Å². The standard InChI is InChI=1S/C19H22N2O2/c1-11(2)8-14-9-16(17-10-23-13(4)20-17)21-19-12(3)18(22-5)7-6-15(14)19/h6-7,9-11H,8H2,1-5H3. The third-order valence-corrected chi connectivity index (χ3v) is 4.00. The van der Waals surface area contributed by atoms with E-state index in [1.165, 1.54) is 10.9 Å². The third-order valence-electron chi connectivity index (χ3n) is 4.00. The van der Waals surface area contributed by atoms with Crippen molar-refractivity contribution < 1.29 is 9.15 Å². The van der Waals surface area contributed by atoms with Crippen LogP contribution >= 0.6 is 0 Å². The van der Waals surface area contributed by atoms with Crippen LogP contribution in [0.1, 0.15) is 30.9 Å². The van der Waals surface area contributed by atoms with E-state index in [2.05, 4.69) is 31.0 Å². The van der Waals surface area contributed by atoms with Gasteiger partial charge in [0, 0.05) is 17.9 Å². The summed E-state index contributed by atoms with van der Waals surface area (Å²) in [4.78, 5) is 9.25. The number of aromatic nitrogens is 2. The minimum absolute atomic E-state index is 0.565. The smallest absolute Gasteiger partial charge is 0.191 e. The van der Waals surface area contributed by atoms with Gasteiger partial charge in [0.25, 0.3) is 0 Å². The van der Waals surface area contributed by atoms with E-state index in [0.717, 1.165) is 34.6 Å². The number of nitrogens with zero attached hydrogens (tertiary/aromatic N) is 2. The average Bonchev–Trinajstić information content (AvgIpc) is 2.94. The Balaban J connectivity index is 2.27. The molecular formula is C19H22N2O2. The molecule has 0 fully saturated rings. The lowest BCUT2D eigenvalue weighted by Crippen LogP contribution is -2.00. The van der Waals surface area contributed by atoms with E-state index >= 15 is 0 Å². The van der Waals surface area contributed by atoms with E-state index in [4.69, 9.17) is 14.1 Å².